The average molecular weight is 430 g/mol. The highest BCUT2D eigenvalue weighted by Gasteiger charge is 2.27. The van der Waals surface area contributed by atoms with E-state index in [0.29, 0.717) is 49.0 Å². The van der Waals surface area contributed by atoms with Crippen LogP contribution in [-0.4, -0.2) is 51.7 Å². The third-order valence-electron chi connectivity index (χ3n) is 4.45. The van der Waals surface area contributed by atoms with Gasteiger partial charge in [0.1, 0.15) is 11.5 Å². The fourth-order valence-corrected chi connectivity index (χ4v) is 3.76. The molecule has 1 aromatic carbocycles. The lowest BCUT2D eigenvalue weighted by atomic mass is 10.1. The topological polar surface area (TPSA) is 41.4 Å². The van der Waals surface area contributed by atoms with Gasteiger partial charge in [0, 0.05) is 50.4 Å². The van der Waals surface area contributed by atoms with Crippen molar-refractivity contribution in [2.24, 2.45) is 7.05 Å². The lowest BCUT2D eigenvalue weighted by Gasteiger charge is -2.35. The summed E-state index contributed by atoms with van der Waals surface area (Å²) < 4.78 is 16.3. The Hall–Kier alpha value is -1.44. The molecule has 0 bridgehead atoms. The van der Waals surface area contributed by atoms with Crippen molar-refractivity contribution in [3.05, 3.63) is 50.5 Å². The maximum atomic E-state index is 13.9. The minimum absolute atomic E-state index is 0.0430. The van der Waals surface area contributed by atoms with E-state index < -0.39 is 0 Å². The van der Waals surface area contributed by atoms with Crippen LogP contribution in [0.25, 0.3) is 0 Å². The van der Waals surface area contributed by atoms with Crippen molar-refractivity contribution in [2.75, 3.05) is 26.2 Å². The van der Waals surface area contributed by atoms with Crippen molar-refractivity contribution in [2.45, 2.75) is 13.5 Å². The third kappa shape index (κ3) is 3.73. The number of carbonyl (C=O) groups excluding carboxylic acids is 1. The van der Waals surface area contributed by atoms with Crippen molar-refractivity contribution >= 4 is 33.4 Å². The Morgan fingerprint density at radius 3 is 2.56 bits per heavy atom. The summed E-state index contributed by atoms with van der Waals surface area (Å²) in [5, 5.41) is 4.71. The summed E-state index contributed by atoms with van der Waals surface area (Å²) in [4.78, 5) is 16.7. The quantitative estimate of drug-likeness (QED) is 0.752. The highest BCUT2D eigenvalue weighted by Crippen LogP contribution is 2.24. The van der Waals surface area contributed by atoms with Gasteiger partial charge in [0.2, 0.25) is 0 Å². The van der Waals surface area contributed by atoms with Gasteiger partial charge in [0.05, 0.1) is 10.2 Å². The standard InChI is InChI=1S/C17H19BrClFN4O/c1-11-15(18)16(22(2)21-11)17(25)24-8-6-23(7-9-24)10-12-13(19)4-3-5-14(12)20/h3-5H,6-10H2,1-2H3. The van der Waals surface area contributed by atoms with Crippen molar-refractivity contribution in [1.29, 1.82) is 0 Å². The number of aromatic nitrogens is 2. The van der Waals surface area contributed by atoms with E-state index in [1.807, 2.05) is 6.92 Å². The molecule has 1 aliphatic heterocycles. The molecule has 1 fully saturated rings. The second kappa shape index (κ2) is 7.43. The molecule has 2 heterocycles. The Bertz CT molecular complexity index is 782. The highest BCUT2D eigenvalue weighted by atomic mass is 79.9. The number of hydrogen-bond acceptors (Lipinski definition) is 3. The first-order valence-corrected chi connectivity index (χ1v) is 9.19. The third-order valence-corrected chi connectivity index (χ3v) is 5.76. The molecule has 1 aromatic heterocycles. The van der Waals surface area contributed by atoms with Crippen LogP contribution in [-0.2, 0) is 13.6 Å². The van der Waals surface area contributed by atoms with Crippen LogP contribution in [0.1, 0.15) is 21.7 Å². The number of piperazine rings is 1. The minimum Gasteiger partial charge on any atom is -0.335 e. The molecule has 1 saturated heterocycles. The van der Waals surface area contributed by atoms with E-state index in [4.69, 9.17) is 11.6 Å². The first kappa shape index (κ1) is 18.4. The molecule has 1 amide bonds. The van der Waals surface area contributed by atoms with Gasteiger partial charge in [-0.2, -0.15) is 5.10 Å². The Labute approximate surface area is 159 Å². The van der Waals surface area contributed by atoms with Crippen LogP contribution >= 0.6 is 27.5 Å². The molecular weight excluding hydrogens is 411 g/mol. The molecule has 25 heavy (non-hydrogen) atoms. The normalized spacial score (nSPS) is 15.6. The van der Waals surface area contributed by atoms with E-state index >= 15 is 0 Å². The maximum Gasteiger partial charge on any atom is 0.273 e. The predicted octanol–water partition coefficient (Wildman–Crippen LogP) is 3.24. The van der Waals surface area contributed by atoms with Crippen LogP contribution in [0, 0.1) is 12.7 Å². The van der Waals surface area contributed by atoms with Crippen LogP contribution < -0.4 is 0 Å². The number of benzene rings is 1. The van der Waals surface area contributed by atoms with E-state index in [9.17, 15) is 9.18 Å². The van der Waals surface area contributed by atoms with Gasteiger partial charge >= 0.3 is 0 Å². The molecule has 0 spiro atoms. The molecule has 0 saturated carbocycles. The Morgan fingerprint density at radius 1 is 1.32 bits per heavy atom. The molecule has 5 nitrogen and oxygen atoms in total. The van der Waals surface area contributed by atoms with Gasteiger partial charge in [0.15, 0.2) is 0 Å². The van der Waals surface area contributed by atoms with Gasteiger partial charge in [-0.15, -0.1) is 0 Å². The Kier molecular flexibility index (Phi) is 5.46. The molecule has 0 unspecified atom stereocenters. The lowest BCUT2D eigenvalue weighted by Crippen LogP contribution is -2.48. The van der Waals surface area contributed by atoms with Gasteiger partial charge in [0.25, 0.3) is 5.91 Å². The summed E-state index contributed by atoms with van der Waals surface area (Å²) in [7, 11) is 1.77. The lowest BCUT2D eigenvalue weighted by molar-refractivity contribution is 0.0615. The van der Waals surface area contributed by atoms with Gasteiger partial charge in [-0.05, 0) is 35.0 Å². The van der Waals surface area contributed by atoms with Crippen LogP contribution in [0.4, 0.5) is 4.39 Å². The number of carbonyl (C=O) groups is 1. The first-order chi connectivity index (χ1) is 11.9. The van der Waals surface area contributed by atoms with Crippen LogP contribution in [0.3, 0.4) is 0 Å². The van der Waals surface area contributed by atoms with E-state index in [2.05, 4.69) is 25.9 Å². The molecule has 3 rings (SSSR count). The number of amides is 1. The summed E-state index contributed by atoms with van der Waals surface area (Å²) in [6.07, 6.45) is 0. The SMILES string of the molecule is Cc1nn(C)c(C(=O)N2CCN(Cc3c(F)cccc3Cl)CC2)c1Br. The van der Waals surface area contributed by atoms with E-state index in [1.54, 1.807) is 28.8 Å². The molecule has 1 aliphatic rings. The molecule has 0 atom stereocenters. The van der Waals surface area contributed by atoms with Crippen LogP contribution in [0.2, 0.25) is 5.02 Å². The summed E-state index contributed by atoms with van der Waals surface area (Å²) in [6.45, 7) is 4.82. The molecule has 0 radical (unpaired) electrons. The number of hydrogen-bond donors (Lipinski definition) is 0. The fourth-order valence-electron chi connectivity index (χ4n) is 3.03. The average Bonchev–Trinajstić information content (AvgIpc) is 2.83. The first-order valence-electron chi connectivity index (χ1n) is 8.02. The van der Waals surface area contributed by atoms with Crippen molar-refractivity contribution < 1.29 is 9.18 Å². The molecule has 2 aromatic rings. The number of aryl methyl sites for hydroxylation is 2. The van der Waals surface area contributed by atoms with Crippen molar-refractivity contribution in [1.82, 2.24) is 19.6 Å². The van der Waals surface area contributed by atoms with Gasteiger partial charge in [-0.3, -0.25) is 14.4 Å². The van der Waals surface area contributed by atoms with E-state index in [1.165, 1.54) is 6.07 Å². The van der Waals surface area contributed by atoms with Gasteiger partial charge in [-0.1, -0.05) is 17.7 Å². The highest BCUT2D eigenvalue weighted by molar-refractivity contribution is 9.10. The summed E-state index contributed by atoms with van der Waals surface area (Å²) in [5.74, 6) is -0.334. The molecular formula is C17H19BrClFN4O. The summed E-state index contributed by atoms with van der Waals surface area (Å²) in [6, 6.07) is 4.72. The number of rotatable bonds is 3. The predicted molar refractivity (Wildman–Crippen MR) is 98.2 cm³/mol. The molecule has 8 heteroatoms. The number of halogens is 3. The molecule has 134 valence electrons. The summed E-state index contributed by atoms with van der Waals surface area (Å²) in [5.41, 5.74) is 1.86. The second-order valence-corrected chi connectivity index (χ2v) is 7.34. The Balaban J connectivity index is 1.65. The minimum atomic E-state index is -0.291. The van der Waals surface area contributed by atoms with Crippen molar-refractivity contribution in [3.8, 4) is 0 Å². The Morgan fingerprint density at radius 2 is 2.00 bits per heavy atom. The summed E-state index contributed by atoms with van der Waals surface area (Å²) >= 11 is 9.54. The van der Waals surface area contributed by atoms with Crippen LogP contribution in [0.5, 0.6) is 0 Å². The second-order valence-electron chi connectivity index (χ2n) is 6.14. The smallest absolute Gasteiger partial charge is 0.273 e. The number of nitrogens with zero attached hydrogens (tertiary/aromatic N) is 4. The van der Waals surface area contributed by atoms with Crippen molar-refractivity contribution in [3.63, 3.8) is 0 Å². The van der Waals surface area contributed by atoms with Gasteiger partial charge < -0.3 is 4.90 Å². The van der Waals surface area contributed by atoms with Crippen LogP contribution in [0.15, 0.2) is 22.7 Å². The zero-order valence-corrected chi connectivity index (χ0v) is 16.4. The fraction of sp³-hybridized carbons (Fsp3) is 0.412. The zero-order valence-electron chi connectivity index (χ0n) is 14.1. The zero-order chi connectivity index (χ0) is 18.1. The van der Waals surface area contributed by atoms with E-state index in [-0.39, 0.29) is 11.7 Å². The molecule has 0 N–H and O–H groups in total. The largest absolute Gasteiger partial charge is 0.335 e. The maximum absolute atomic E-state index is 13.9. The van der Waals surface area contributed by atoms with E-state index in [0.717, 1.165) is 10.2 Å². The monoisotopic (exact) mass is 428 g/mol. The van der Waals surface area contributed by atoms with Gasteiger partial charge in [-0.25, -0.2) is 4.39 Å². The molecule has 0 aliphatic carbocycles.